The van der Waals surface area contributed by atoms with Gasteiger partial charge in [-0.15, -0.1) is 0 Å². The smallest absolute Gasteiger partial charge is 0.377 e. The maximum Gasteiger partial charge on any atom is 0.500 e. The van der Waals surface area contributed by atoms with E-state index in [1.165, 1.54) is 25.3 Å². The Morgan fingerprint density at radius 3 is 1.41 bits per heavy atom. The lowest BCUT2D eigenvalue weighted by molar-refractivity contribution is 0.122. The molecule has 0 amide bonds. The summed E-state index contributed by atoms with van der Waals surface area (Å²) < 4.78 is 16.2. The third kappa shape index (κ3) is 8.10. The minimum atomic E-state index is -2.31. The van der Waals surface area contributed by atoms with Crippen molar-refractivity contribution in [2.45, 2.75) is 57.4 Å². The fourth-order valence-corrected chi connectivity index (χ4v) is 5.01. The van der Waals surface area contributed by atoms with Gasteiger partial charge in [-0.05, 0) is 6.42 Å². The van der Waals surface area contributed by atoms with E-state index in [2.05, 4.69) is 19.6 Å². The maximum atomic E-state index is 5.40. The van der Waals surface area contributed by atoms with Crippen molar-refractivity contribution in [3.8, 4) is 0 Å². The molecular formula is C12H30O3Si2. The van der Waals surface area contributed by atoms with E-state index in [1.54, 1.807) is 21.3 Å². The summed E-state index contributed by atoms with van der Waals surface area (Å²) in [5.41, 5.74) is 0. The van der Waals surface area contributed by atoms with Crippen LogP contribution in [0.2, 0.25) is 31.7 Å². The van der Waals surface area contributed by atoms with Crippen molar-refractivity contribution in [2.75, 3.05) is 21.3 Å². The second-order valence-corrected chi connectivity index (χ2v) is 14.5. The van der Waals surface area contributed by atoms with Crippen LogP contribution in [0, 0.1) is 0 Å². The topological polar surface area (TPSA) is 27.7 Å². The largest absolute Gasteiger partial charge is 0.500 e. The van der Waals surface area contributed by atoms with Gasteiger partial charge in [0.2, 0.25) is 0 Å². The van der Waals surface area contributed by atoms with E-state index in [0.717, 1.165) is 12.5 Å². The molecule has 0 aromatic carbocycles. The van der Waals surface area contributed by atoms with Crippen molar-refractivity contribution in [3.63, 3.8) is 0 Å². The zero-order valence-electron chi connectivity index (χ0n) is 12.5. The van der Waals surface area contributed by atoms with Crippen molar-refractivity contribution in [1.82, 2.24) is 0 Å². The Hall–Kier alpha value is 0.314. The molecule has 104 valence electrons. The number of rotatable bonds is 10. The molecule has 0 fully saturated rings. The molecule has 0 atom stereocenters. The monoisotopic (exact) mass is 278 g/mol. The number of hydrogen-bond acceptors (Lipinski definition) is 3. The van der Waals surface area contributed by atoms with Gasteiger partial charge in [0.1, 0.15) is 0 Å². The van der Waals surface area contributed by atoms with Crippen LogP contribution in [0.15, 0.2) is 0 Å². The second kappa shape index (κ2) is 8.42. The molecule has 0 saturated heterocycles. The SMILES string of the molecule is CO[Si](CCCCCC[Si](C)(C)C)(OC)OC. The average molecular weight is 279 g/mol. The van der Waals surface area contributed by atoms with Crippen LogP contribution in [0.25, 0.3) is 0 Å². The van der Waals surface area contributed by atoms with Gasteiger partial charge in [-0.25, -0.2) is 0 Å². The van der Waals surface area contributed by atoms with Gasteiger partial charge in [-0.2, -0.15) is 0 Å². The Balaban J connectivity index is 3.63. The van der Waals surface area contributed by atoms with Crippen LogP contribution in [-0.4, -0.2) is 38.2 Å². The standard InChI is InChI=1S/C12H30O3Si2/c1-13-17(14-2,15-3)12-10-8-7-9-11-16(4,5)6/h7-12H2,1-6H3. The van der Waals surface area contributed by atoms with Crippen molar-refractivity contribution in [3.05, 3.63) is 0 Å². The molecule has 0 spiro atoms. The van der Waals surface area contributed by atoms with Crippen LogP contribution in [0.1, 0.15) is 25.7 Å². The van der Waals surface area contributed by atoms with E-state index >= 15 is 0 Å². The lowest BCUT2D eigenvalue weighted by Crippen LogP contribution is -2.42. The summed E-state index contributed by atoms with van der Waals surface area (Å²) in [7, 11) is 1.91. The molecule has 0 aliphatic carbocycles. The van der Waals surface area contributed by atoms with Gasteiger partial charge >= 0.3 is 8.80 Å². The van der Waals surface area contributed by atoms with Crippen LogP contribution < -0.4 is 0 Å². The highest BCUT2D eigenvalue weighted by Crippen LogP contribution is 2.19. The van der Waals surface area contributed by atoms with E-state index in [4.69, 9.17) is 13.3 Å². The first kappa shape index (κ1) is 17.3. The normalized spacial score (nSPS) is 13.1. The molecule has 0 saturated carbocycles. The first-order valence-corrected chi connectivity index (χ1v) is 12.2. The second-order valence-electron chi connectivity index (χ2n) is 5.77. The van der Waals surface area contributed by atoms with Gasteiger partial charge in [0, 0.05) is 35.4 Å². The Labute approximate surface area is 109 Å². The van der Waals surface area contributed by atoms with E-state index in [9.17, 15) is 0 Å². The molecule has 0 aliphatic heterocycles. The molecule has 0 aromatic rings. The highest BCUT2D eigenvalue weighted by atomic mass is 28.4. The average Bonchev–Trinajstić information content (AvgIpc) is 2.28. The van der Waals surface area contributed by atoms with Gasteiger partial charge in [0.15, 0.2) is 0 Å². The number of hydrogen-bond donors (Lipinski definition) is 0. The van der Waals surface area contributed by atoms with Crippen LogP contribution in [0.4, 0.5) is 0 Å². The van der Waals surface area contributed by atoms with Gasteiger partial charge in [0.25, 0.3) is 0 Å². The molecule has 0 bridgehead atoms. The van der Waals surface area contributed by atoms with Crippen molar-refractivity contribution < 1.29 is 13.3 Å². The Kier molecular flexibility index (Phi) is 8.58. The molecule has 0 rings (SSSR count). The molecule has 17 heavy (non-hydrogen) atoms. The highest BCUT2D eigenvalue weighted by molar-refractivity contribution is 6.76. The van der Waals surface area contributed by atoms with Crippen LogP contribution in [-0.2, 0) is 13.3 Å². The summed E-state index contributed by atoms with van der Waals surface area (Å²) in [5.74, 6) is 0. The quantitative estimate of drug-likeness (QED) is 0.450. The maximum absolute atomic E-state index is 5.40. The molecule has 0 unspecified atom stereocenters. The van der Waals surface area contributed by atoms with Crippen molar-refractivity contribution in [2.24, 2.45) is 0 Å². The third-order valence-electron chi connectivity index (χ3n) is 3.09. The summed E-state index contributed by atoms with van der Waals surface area (Å²) in [6, 6.07) is 2.37. The zero-order valence-corrected chi connectivity index (χ0v) is 14.5. The van der Waals surface area contributed by atoms with Gasteiger partial charge < -0.3 is 13.3 Å². The Bertz CT molecular complexity index is 180. The van der Waals surface area contributed by atoms with Crippen LogP contribution in [0.5, 0.6) is 0 Å². The first-order valence-electron chi connectivity index (χ1n) is 6.54. The molecule has 5 heteroatoms. The number of unbranched alkanes of at least 4 members (excludes halogenated alkanes) is 3. The third-order valence-corrected chi connectivity index (χ3v) is 7.78. The van der Waals surface area contributed by atoms with Gasteiger partial charge in [-0.3, -0.25) is 0 Å². The van der Waals surface area contributed by atoms with Gasteiger partial charge in [0.05, 0.1) is 0 Å². The highest BCUT2D eigenvalue weighted by Gasteiger charge is 2.36. The minimum absolute atomic E-state index is 0.840. The predicted octanol–water partition coefficient (Wildman–Crippen LogP) is 3.76. The molecule has 0 N–H and O–H groups in total. The van der Waals surface area contributed by atoms with Crippen molar-refractivity contribution >= 4 is 16.9 Å². The van der Waals surface area contributed by atoms with E-state index in [1.807, 2.05) is 0 Å². The molecule has 0 heterocycles. The lowest BCUT2D eigenvalue weighted by atomic mass is 10.2. The molecule has 0 aliphatic rings. The summed E-state index contributed by atoms with van der Waals surface area (Å²) >= 11 is 0. The van der Waals surface area contributed by atoms with Crippen LogP contribution >= 0.6 is 0 Å². The van der Waals surface area contributed by atoms with E-state index in [-0.39, 0.29) is 0 Å². The molecule has 0 aromatic heterocycles. The fourth-order valence-electron chi connectivity index (χ4n) is 1.91. The minimum Gasteiger partial charge on any atom is -0.377 e. The predicted molar refractivity (Wildman–Crippen MR) is 78.2 cm³/mol. The summed E-state index contributed by atoms with van der Waals surface area (Å²) in [6.45, 7) is 7.31. The summed E-state index contributed by atoms with van der Waals surface area (Å²) in [6.07, 6.45) is 5.10. The molecular weight excluding hydrogens is 248 g/mol. The summed E-state index contributed by atoms with van der Waals surface area (Å²) in [4.78, 5) is 0. The van der Waals surface area contributed by atoms with Crippen molar-refractivity contribution in [1.29, 1.82) is 0 Å². The summed E-state index contributed by atoms with van der Waals surface area (Å²) in [5, 5.41) is 0. The fraction of sp³-hybridized carbons (Fsp3) is 1.00. The Morgan fingerprint density at radius 1 is 0.647 bits per heavy atom. The van der Waals surface area contributed by atoms with E-state index in [0.29, 0.717) is 0 Å². The lowest BCUT2D eigenvalue weighted by Gasteiger charge is -2.24. The Morgan fingerprint density at radius 2 is 1.06 bits per heavy atom. The molecule has 0 radical (unpaired) electrons. The van der Waals surface area contributed by atoms with E-state index < -0.39 is 16.9 Å². The first-order chi connectivity index (χ1) is 7.89. The zero-order chi connectivity index (χ0) is 13.4. The molecule has 3 nitrogen and oxygen atoms in total. The van der Waals surface area contributed by atoms with Crippen LogP contribution in [0.3, 0.4) is 0 Å². The van der Waals surface area contributed by atoms with Gasteiger partial charge in [-0.1, -0.05) is 44.9 Å².